The summed E-state index contributed by atoms with van der Waals surface area (Å²) in [7, 11) is 0. The lowest BCUT2D eigenvalue weighted by Crippen LogP contribution is -2.20. The summed E-state index contributed by atoms with van der Waals surface area (Å²) in [6.45, 7) is 6.00. The Balaban J connectivity index is 1.99. The number of carbonyl (C=O) groups excluding carboxylic acids is 1. The van der Waals surface area contributed by atoms with E-state index in [4.69, 9.17) is 9.72 Å². The molecule has 0 aliphatic carbocycles. The first-order valence-corrected chi connectivity index (χ1v) is 11.4. The van der Waals surface area contributed by atoms with Crippen molar-refractivity contribution in [1.82, 2.24) is 9.55 Å². The van der Waals surface area contributed by atoms with Gasteiger partial charge in [0.15, 0.2) is 0 Å². The standard InChI is InChI=1S/C27H31FN2O4/c1-4-34-25(33)17-23(32)16-22(31)14-15-24-26(18(2)3)29-27(19-8-6-5-7-9-19)30(24)21-12-10-20(28)11-13-21/h5-15,18,22-23,31-32H,4,16-17H2,1-3H3/b15-14+. The molecule has 0 amide bonds. The molecule has 2 atom stereocenters. The van der Waals surface area contributed by atoms with E-state index in [0.717, 1.165) is 22.6 Å². The molecule has 3 aromatic rings. The van der Waals surface area contributed by atoms with Crippen molar-refractivity contribution in [2.45, 2.75) is 51.7 Å². The Morgan fingerprint density at radius 1 is 1.12 bits per heavy atom. The molecular weight excluding hydrogens is 435 g/mol. The van der Waals surface area contributed by atoms with Gasteiger partial charge in [-0.1, -0.05) is 50.3 Å². The van der Waals surface area contributed by atoms with Crippen LogP contribution in [0.15, 0.2) is 60.7 Å². The van der Waals surface area contributed by atoms with Gasteiger partial charge in [-0.15, -0.1) is 0 Å². The Kier molecular flexibility index (Phi) is 8.73. The SMILES string of the molecule is CCOC(=O)CC(O)CC(O)/C=C/c1c(C(C)C)nc(-c2ccccc2)n1-c1ccc(F)cc1. The monoisotopic (exact) mass is 466 g/mol. The molecule has 0 radical (unpaired) electrons. The third kappa shape index (κ3) is 6.40. The Morgan fingerprint density at radius 2 is 1.79 bits per heavy atom. The lowest BCUT2D eigenvalue weighted by Gasteiger charge is -2.14. The highest BCUT2D eigenvalue weighted by Gasteiger charge is 2.21. The van der Waals surface area contributed by atoms with Gasteiger partial charge in [0.05, 0.1) is 36.6 Å². The summed E-state index contributed by atoms with van der Waals surface area (Å²) in [5.41, 5.74) is 3.20. The van der Waals surface area contributed by atoms with Crippen LogP contribution in [0.4, 0.5) is 4.39 Å². The zero-order valence-electron chi connectivity index (χ0n) is 19.7. The molecule has 1 heterocycles. The lowest BCUT2D eigenvalue weighted by molar-refractivity contribution is -0.145. The second kappa shape index (κ2) is 11.7. The van der Waals surface area contributed by atoms with E-state index >= 15 is 0 Å². The van der Waals surface area contributed by atoms with Crippen molar-refractivity contribution in [2.75, 3.05) is 6.61 Å². The summed E-state index contributed by atoms with van der Waals surface area (Å²) < 4.78 is 20.4. The number of benzene rings is 2. The Morgan fingerprint density at radius 3 is 2.41 bits per heavy atom. The van der Waals surface area contributed by atoms with Crippen LogP contribution in [-0.2, 0) is 9.53 Å². The van der Waals surface area contributed by atoms with Crippen molar-refractivity contribution < 1.29 is 24.1 Å². The normalized spacial score (nSPS) is 13.4. The van der Waals surface area contributed by atoms with Crippen LogP contribution in [0.1, 0.15) is 50.9 Å². The topological polar surface area (TPSA) is 84.6 Å². The van der Waals surface area contributed by atoms with Gasteiger partial charge in [0.1, 0.15) is 11.6 Å². The molecule has 0 saturated carbocycles. The van der Waals surface area contributed by atoms with E-state index in [-0.39, 0.29) is 31.2 Å². The molecule has 3 rings (SSSR count). The van der Waals surface area contributed by atoms with Crippen molar-refractivity contribution in [3.8, 4) is 17.1 Å². The average Bonchev–Trinajstić information content (AvgIpc) is 3.18. The van der Waals surface area contributed by atoms with Crippen LogP contribution in [0.25, 0.3) is 23.2 Å². The largest absolute Gasteiger partial charge is 0.466 e. The minimum atomic E-state index is -1.02. The predicted octanol–water partition coefficient (Wildman–Crippen LogP) is 4.88. The summed E-state index contributed by atoms with van der Waals surface area (Å²) in [5.74, 6) is -0.0600. The molecule has 2 unspecified atom stereocenters. The highest BCUT2D eigenvalue weighted by Crippen LogP contribution is 2.31. The Bertz CT molecular complexity index is 1110. The number of hydrogen-bond acceptors (Lipinski definition) is 5. The van der Waals surface area contributed by atoms with E-state index in [9.17, 15) is 19.4 Å². The first kappa shape index (κ1) is 25.3. The van der Waals surface area contributed by atoms with Gasteiger partial charge in [-0.05, 0) is 43.2 Å². The molecule has 0 bridgehead atoms. The molecule has 6 nitrogen and oxygen atoms in total. The number of halogens is 1. The molecule has 0 fully saturated rings. The maximum atomic E-state index is 13.6. The van der Waals surface area contributed by atoms with Gasteiger partial charge in [0.25, 0.3) is 0 Å². The van der Waals surface area contributed by atoms with E-state index in [1.807, 2.05) is 48.7 Å². The van der Waals surface area contributed by atoms with Gasteiger partial charge in [-0.25, -0.2) is 9.37 Å². The quantitative estimate of drug-likeness (QED) is 0.416. The molecule has 0 spiro atoms. The number of ether oxygens (including phenoxy) is 1. The van der Waals surface area contributed by atoms with Crippen LogP contribution < -0.4 is 0 Å². The summed E-state index contributed by atoms with van der Waals surface area (Å²) in [4.78, 5) is 16.5. The average molecular weight is 467 g/mol. The second-order valence-corrected chi connectivity index (χ2v) is 8.36. The van der Waals surface area contributed by atoms with E-state index in [1.54, 1.807) is 31.2 Å². The zero-order chi connectivity index (χ0) is 24.7. The van der Waals surface area contributed by atoms with Crippen LogP contribution in [0, 0.1) is 5.82 Å². The first-order chi connectivity index (χ1) is 16.3. The Hall–Kier alpha value is -3.29. The first-order valence-electron chi connectivity index (χ1n) is 11.4. The van der Waals surface area contributed by atoms with E-state index in [1.165, 1.54) is 12.1 Å². The van der Waals surface area contributed by atoms with E-state index in [2.05, 4.69) is 0 Å². The molecule has 1 aromatic heterocycles. The molecule has 2 aromatic carbocycles. The molecule has 2 N–H and O–H groups in total. The van der Waals surface area contributed by atoms with Crippen molar-refractivity contribution >= 4 is 12.0 Å². The Labute approximate surface area is 199 Å². The number of aliphatic hydroxyl groups excluding tert-OH is 2. The zero-order valence-corrected chi connectivity index (χ0v) is 19.7. The van der Waals surface area contributed by atoms with Crippen LogP contribution in [0.2, 0.25) is 0 Å². The molecule has 34 heavy (non-hydrogen) atoms. The van der Waals surface area contributed by atoms with Crippen molar-refractivity contribution in [3.63, 3.8) is 0 Å². The second-order valence-electron chi connectivity index (χ2n) is 8.36. The van der Waals surface area contributed by atoms with Gasteiger partial charge in [-0.2, -0.15) is 0 Å². The van der Waals surface area contributed by atoms with Gasteiger partial charge in [0.2, 0.25) is 0 Å². The number of rotatable bonds is 10. The number of nitrogens with zero attached hydrogens (tertiary/aromatic N) is 2. The van der Waals surface area contributed by atoms with Crippen molar-refractivity contribution in [1.29, 1.82) is 0 Å². The van der Waals surface area contributed by atoms with Gasteiger partial charge < -0.3 is 14.9 Å². The maximum Gasteiger partial charge on any atom is 0.308 e. The van der Waals surface area contributed by atoms with E-state index < -0.39 is 18.2 Å². The molecule has 7 heteroatoms. The fourth-order valence-corrected chi connectivity index (χ4v) is 3.72. The van der Waals surface area contributed by atoms with Crippen molar-refractivity contribution in [3.05, 3.63) is 77.9 Å². The molecular formula is C27H31FN2O4. The smallest absolute Gasteiger partial charge is 0.308 e. The minimum Gasteiger partial charge on any atom is -0.466 e. The molecule has 180 valence electrons. The third-order valence-electron chi connectivity index (χ3n) is 5.30. The third-order valence-corrected chi connectivity index (χ3v) is 5.30. The van der Waals surface area contributed by atoms with Gasteiger partial charge >= 0.3 is 5.97 Å². The van der Waals surface area contributed by atoms with Crippen LogP contribution in [0.3, 0.4) is 0 Å². The minimum absolute atomic E-state index is 0.0114. The fraction of sp³-hybridized carbons (Fsp3) is 0.333. The van der Waals surface area contributed by atoms with Gasteiger partial charge in [-0.3, -0.25) is 9.36 Å². The van der Waals surface area contributed by atoms with Crippen LogP contribution in [0.5, 0.6) is 0 Å². The van der Waals surface area contributed by atoms with E-state index in [0.29, 0.717) is 5.82 Å². The predicted molar refractivity (Wildman–Crippen MR) is 130 cm³/mol. The summed E-state index contributed by atoms with van der Waals surface area (Å²) in [6, 6.07) is 15.9. The maximum absolute atomic E-state index is 13.6. The molecule has 0 aliphatic rings. The molecule has 0 saturated heterocycles. The number of esters is 1. The van der Waals surface area contributed by atoms with Crippen molar-refractivity contribution in [2.24, 2.45) is 0 Å². The highest BCUT2D eigenvalue weighted by molar-refractivity contribution is 5.70. The highest BCUT2D eigenvalue weighted by atomic mass is 19.1. The summed E-state index contributed by atoms with van der Waals surface area (Å²) in [5, 5.41) is 20.6. The van der Waals surface area contributed by atoms with Crippen LogP contribution in [-0.4, -0.2) is 44.5 Å². The number of aromatic nitrogens is 2. The number of hydrogen-bond donors (Lipinski definition) is 2. The molecule has 0 aliphatic heterocycles. The number of imidazole rings is 1. The fourth-order valence-electron chi connectivity index (χ4n) is 3.72. The van der Waals surface area contributed by atoms with Crippen LogP contribution >= 0.6 is 0 Å². The lowest BCUT2D eigenvalue weighted by atomic mass is 10.1. The number of aliphatic hydroxyl groups is 2. The number of carbonyl (C=O) groups is 1. The summed E-state index contributed by atoms with van der Waals surface area (Å²) in [6.07, 6.45) is 1.14. The van der Waals surface area contributed by atoms with Gasteiger partial charge in [0, 0.05) is 17.7 Å². The summed E-state index contributed by atoms with van der Waals surface area (Å²) >= 11 is 0.